The van der Waals surface area contributed by atoms with E-state index in [-0.39, 0.29) is 41.4 Å². The predicted octanol–water partition coefficient (Wildman–Crippen LogP) is 3.65. The number of hydrogen-bond donors (Lipinski definition) is 1. The van der Waals surface area contributed by atoms with E-state index in [1.807, 2.05) is 12.1 Å². The number of amides is 1. The predicted molar refractivity (Wildman–Crippen MR) is 118 cm³/mol. The zero-order chi connectivity index (χ0) is 23.9. The lowest BCUT2D eigenvalue weighted by molar-refractivity contribution is -0.147. The number of rotatable bonds is 8. The van der Waals surface area contributed by atoms with Crippen LogP contribution in [0.2, 0.25) is 0 Å². The normalized spacial score (nSPS) is 10.5. The lowest BCUT2D eigenvalue weighted by Gasteiger charge is -2.10. The summed E-state index contributed by atoms with van der Waals surface area (Å²) in [5.41, 5.74) is 1.09. The van der Waals surface area contributed by atoms with Gasteiger partial charge >= 0.3 is 5.97 Å². The number of carbonyl (C=O) groups excluding carboxylic acids is 2. The molecule has 0 aliphatic rings. The number of aryl methyl sites for hydroxylation is 1. The monoisotopic (exact) mass is 459 g/mol. The van der Waals surface area contributed by atoms with Gasteiger partial charge in [0, 0.05) is 6.42 Å². The number of halogens is 1. The molecule has 2 aromatic heterocycles. The Morgan fingerprint density at radius 3 is 2.65 bits per heavy atom. The first-order chi connectivity index (χ1) is 16.5. The summed E-state index contributed by atoms with van der Waals surface area (Å²) in [7, 11) is 0. The average Bonchev–Trinajstić information content (AvgIpc) is 3.49. The quantitative estimate of drug-likeness (QED) is 0.399. The maximum Gasteiger partial charge on any atom is 0.306 e. The number of ether oxygens (including phenoxy) is 1. The van der Waals surface area contributed by atoms with Crippen LogP contribution < -0.4 is 5.32 Å². The number of benzene rings is 2. The van der Waals surface area contributed by atoms with E-state index in [1.165, 1.54) is 23.1 Å². The van der Waals surface area contributed by atoms with Gasteiger partial charge in [-0.2, -0.15) is 10.4 Å². The van der Waals surface area contributed by atoms with Crippen molar-refractivity contribution in [3.63, 3.8) is 0 Å². The summed E-state index contributed by atoms with van der Waals surface area (Å²) in [6.07, 6.45) is 2.75. The summed E-state index contributed by atoms with van der Waals surface area (Å²) >= 11 is 0. The van der Waals surface area contributed by atoms with Gasteiger partial charge in [-0.1, -0.05) is 30.3 Å². The van der Waals surface area contributed by atoms with Gasteiger partial charge in [-0.05, 0) is 24.3 Å². The third-order valence-electron chi connectivity index (χ3n) is 4.75. The molecule has 34 heavy (non-hydrogen) atoms. The summed E-state index contributed by atoms with van der Waals surface area (Å²) in [6.45, 7) is -0.546. The van der Waals surface area contributed by atoms with Crippen molar-refractivity contribution in [1.82, 2.24) is 14.8 Å². The highest BCUT2D eigenvalue weighted by Crippen LogP contribution is 2.23. The fraction of sp³-hybridized carbons (Fsp3) is 0.125. The third-order valence-corrected chi connectivity index (χ3v) is 4.75. The van der Waals surface area contributed by atoms with Crippen molar-refractivity contribution >= 4 is 17.7 Å². The first-order valence-corrected chi connectivity index (χ1v) is 10.2. The van der Waals surface area contributed by atoms with Crippen molar-refractivity contribution in [2.24, 2.45) is 0 Å². The number of nitriles is 1. The Hall–Kier alpha value is -4.78. The van der Waals surface area contributed by atoms with Gasteiger partial charge in [-0.25, -0.2) is 14.1 Å². The van der Waals surface area contributed by atoms with Gasteiger partial charge in [0.15, 0.2) is 24.1 Å². The van der Waals surface area contributed by atoms with Crippen molar-refractivity contribution in [3.05, 3.63) is 84.3 Å². The van der Waals surface area contributed by atoms with Crippen molar-refractivity contribution in [3.8, 4) is 23.1 Å². The van der Waals surface area contributed by atoms with E-state index in [4.69, 9.17) is 9.15 Å². The van der Waals surface area contributed by atoms with Crippen LogP contribution in [0.4, 0.5) is 10.2 Å². The van der Waals surface area contributed by atoms with Crippen molar-refractivity contribution in [2.75, 3.05) is 11.9 Å². The Balaban J connectivity index is 1.30. The second-order valence-electron chi connectivity index (χ2n) is 7.07. The molecule has 0 atom stereocenters. The zero-order valence-corrected chi connectivity index (χ0v) is 17.8. The molecule has 2 aromatic carbocycles. The first kappa shape index (κ1) is 22.4. The smallest absolute Gasteiger partial charge is 0.306 e. The Kier molecular flexibility index (Phi) is 6.74. The van der Waals surface area contributed by atoms with Gasteiger partial charge < -0.3 is 14.5 Å². The summed E-state index contributed by atoms with van der Waals surface area (Å²) in [5, 5.41) is 16.0. The Morgan fingerprint density at radius 1 is 1.12 bits per heavy atom. The van der Waals surface area contributed by atoms with Gasteiger partial charge in [-0.3, -0.25) is 9.59 Å². The fourth-order valence-electron chi connectivity index (χ4n) is 3.12. The Morgan fingerprint density at radius 2 is 1.88 bits per heavy atom. The lowest BCUT2D eigenvalue weighted by atomic mass is 10.2. The summed E-state index contributed by atoms with van der Waals surface area (Å²) in [6, 6.07) is 17.0. The maximum atomic E-state index is 13.9. The molecule has 4 rings (SSSR count). The number of nitrogens with one attached hydrogen (secondary N) is 1. The van der Waals surface area contributed by atoms with Gasteiger partial charge in [0.1, 0.15) is 17.4 Å². The van der Waals surface area contributed by atoms with Gasteiger partial charge in [0.2, 0.25) is 0 Å². The minimum absolute atomic E-state index is 0.0874. The molecule has 0 spiro atoms. The minimum atomic E-state index is -0.641. The number of esters is 1. The van der Waals surface area contributed by atoms with E-state index in [1.54, 1.807) is 42.5 Å². The van der Waals surface area contributed by atoms with Crippen LogP contribution >= 0.6 is 0 Å². The SMILES string of the molecule is N#Cc1cnn(-c2ccccc2)c1NC(=O)COC(=O)CCc1ncc(-c2ccccc2F)o1. The van der Waals surface area contributed by atoms with E-state index in [0.717, 1.165) is 0 Å². The molecule has 10 heteroatoms. The van der Waals surface area contributed by atoms with Crippen LogP contribution in [0, 0.1) is 17.1 Å². The van der Waals surface area contributed by atoms with E-state index in [9.17, 15) is 19.2 Å². The topological polar surface area (TPSA) is 123 Å². The molecule has 0 aliphatic heterocycles. The van der Waals surface area contributed by atoms with Crippen LogP contribution in [0.5, 0.6) is 0 Å². The summed E-state index contributed by atoms with van der Waals surface area (Å²) in [4.78, 5) is 28.4. The second-order valence-corrected chi connectivity index (χ2v) is 7.07. The van der Waals surface area contributed by atoms with E-state index in [0.29, 0.717) is 5.69 Å². The van der Waals surface area contributed by atoms with Crippen LogP contribution in [0.3, 0.4) is 0 Å². The van der Waals surface area contributed by atoms with Crippen molar-refractivity contribution < 1.29 is 23.1 Å². The molecule has 4 aromatic rings. The van der Waals surface area contributed by atoms with Gasteiger partial charge in [0.05, 0.1) is 30.1 Å². The van der Waals surface area contributed by atoms with Gasteiger partial charge in [-0.15, -0.1) is 0 Å². The number of oxazole rings is 1. The number of hydrogen-bond acceptors (Lipinski definition) is 7. The van der Waals surface area contributed by atoms with Crippen LogP contribution in [-0.2, 0) is 20.7 Å². The van der Waals surface area contributed by atoms with Crippen LogP contribution in [-0.4, -0.2) is 33.2 Å². The molecule has 1 N–H and O–H groups in total. The lowest BCUT2D eigenvalue weighted by Crippen LogP contribution is -2.23. The second kappa shape index (κ2) is 10.2. The van der Waals surface area contributed by atoms with Crippen LogP contribution in [0.15, 0.2) is 71.4 Å². The third kappa shape index (κ3) is 5.16. The van der Waals surface area contributed by atoms with Crippen molar-refractivity contribution in [2.45, 2.75) is 12.8 Å². The number of para-hydroxylation sites is 1. The Labute approximate surface area is 193 Å². The largest absolute Gasteiger partial charge is 0.456 e. The molecule has 1 amide bonds. The van der Waals surface area contributed by atoms with Crippen LogP contribution in [0.1, 0.15) is 17.9 Å². The number of aromatic nitrogens is 3. The highest BCUT2D eigenvalue weighted by atomic mass is 19.1. The van der Waals surface area contributed by atoms with E-state index in [2.05, 4.69) is 15.4 Å². The molecule has 0 radical (unpaired) electrons. The molecule has 0 aliphatic carbocycles. The number of carbonyl (C=O) groups is 2. The summed E-state index contributed by atoms with van der Waals surface area (Å²) in [5.74, 6) is -1.04. The number of nitrogens with zero attached hydrogens (tertiary/aromatic N) is 4. The first-order valence-electron chi connectivity index (χ1n) is 10.2. The molecular weight excluding hydrogens is 441 g/mol. The minimum Gasteiger partial charge on any atom is -0.456 e. The van der Waals surface area contributed by atoms with Crippen molar-refractivity contribution in [1.29, 1.82) is 5.26 Å². The van der Waals surface area contributed by atoms with Crippen LogP contribution in [0.25, 0.3) is 17.0 Å². The molecule has 2 heterocycles. The maximum absolute atomic E-state index is 13.9. The van der Waals surface area contributed by atoms with E-state index < -0.39 is 24.3 Å². The zero-order valence-electron chi connectivity index (χ0n) is 17.8. The number of anilines is 1. The molecule has 170 valence electrons. The molecule has 0 bridgehead atoms. The van der Waals surface area contributed by atoms with Gasteiger partial charge in [0.25, 0.3) is 5.91 Å². The average molecular weight is 459 g/mol. The highest BCUT2D eigenvalue weighted by Gasteiger charge is 2.17. The summed E-state index contributed by atoms with van der Waals surface area (Å²) < 4.78 is 25.8. The molecule has 0 saturated carbocycles. The fourth-order valence-corrected chi connectivity index (χ4v) is 3.12. The Bertz CT molecular complexity index is 1360. The highest BCUT2D eigenvalue weighted by molar-refractivity contribution is 5.93. The standard InChI is InChI=1S/C24H18FN5O4/c25-19-9-5-4-8-18(19)20-14-27-22(34-20)10-11-23(32)33-15-21(31)29-24-16(12-26)13-28-30(24)17-6-2-1-3-7-17/h1-9,13-14H,10-11,15H2,(H,29,31). The molecular formula is C24H18FN5O4. The molecule has 0 saturated heterocycles. The van der Waals surface area contributed by atoms with E-state index >= 15 is 0 Å². The molecule has 0 unspecified atom stereocenters. The molecule has 9 nitrogen and oxygen atoms in total. The molecule has 0 fully saturated rings.